The predicted octanol–water partition coefficient (Wildman–Crippen LogP) is 4.23. The highest BCUT2D eigenvalue weighted by atomic mass is 35.5. The van der Waals surface area contributed by atoms with Gasteiger partial charge in [-0.1, -0.05) is 29.9 Å². The maximum Gasteiger partial charge on any atom is 0.235 e. The van der Waals surface area contributed by atoms with Gasteiger partial charge in [-0.3, -0.25) is 4.68 Å². The fraction of sp³-hybridized carbons (Fsp3) is 0.250. The van der Waals surface area contributed by atoms with E-state index in [2.05, 4.69) is 27.3 Å². The van der Waals surface area contributed by atoms with Crippen LogP contribution in [-0.4, -0.2) is 29.6 Å². The Bertz CT molecular complexity index is 1070. The molecule has 4 rings (SSSR count). The highest BCUT2D eigenvalue weighted by molar-refractivity contribution is 7.19. The highest BCUT2D eigenvalue weighted by Gasteiger charge is 2.19. The van der Waals surface area contributed by atoms with E-state index in [1.54, 1.807) is 0 Å². The van der Waals surface area contributed by atoms with Crippen LogP contribution in [0.1, 0.15) is 19.0 Å². The van der Waals surface area contributed by atoms with Crippen molar-refractivity contribution in [3.05, 3.63) is 40.8 Å². The zero-order chi connectivity index (χ0) is 17.6. The second kappa shape index (κ2) is 6.20. The van der Waals surface area contributed by atoms with Gasteiger partial charge in [0.25, 0.3) is 0 Å². The summed E-state index contributed by atoms with van der Waals surface area (Å²) in [5, 5.41) is 18.4. The summed E-state index contributed by atoms with van der Waals surface area (Å²) < 4.78 is 17.6. The van der Waals surface area contributed by atoms with E-state index in [1.807, 2.05) is 17.7 Å². The van der Waals surface area contributed by atoms with Gasteiger partial charge in [0.1, 0.15) is 11.5 Å². The van der Waals surface area contributed by atoms with Crippen molar-refractivity contribution in [1.29, 1.82) is 0 Å². The summed E-state index contributed by atoms with van der Waals surface area (Å²) in [6.07, 6.45) is 1.01. The van der Waals surface area contributed by atoms with E-state index in [1.165, 1.54) is 34.1 Å². The van der Waals surface area contributed by atoms with Crippen LogP contribution >= 0.6 is 22.9 Å². The standard InChI is InChI=1S/C16H14ClFN6S/c1-3-6-23-9(2)7-13(21-23)15-22-24-14(19-20-16(24)25-15)11-8-10(17)4-5-12(11)18/h4-5,7-8H,3,6H2,1-2H3. The number of aromatic nitrogens is 6. The molecule has 0 bridgehead atoms. The Balaban J connectivity index is 1.81. The fourth-order valence-corrected chi connectivity index (χ4v) is 3.58. The monoisotopic (exact) mass is 376 g/mol. The van der Waals surface area contributed by atoms with Gasteiger partial charge in [-0.25, -0.2) is 4.39 Å². The Morgan fingerprint density at radius 2 is 2.04 bits per heavy atom. The molecule has 0 saturated carbocycles. The summed E-state index contributed by atoms with van der Waals surface area (Å²) in [6, 6.07) is 6.31. The lowest BCUT2D eigenvalue weighted by molar-refractivity contribution is 0.588. The number of hydrogen-bond donors (Lipinski definition) is 0. The first-order valence-corrected chi connectivity index (χ1v) is 8.98. The van der Waals surface area contributed by atoms with Crippen LogP contribution in [0, 0.1) is 12.7 Å². The minimum absolute atomic E-state index is 0.268. The summed E-state index contributed by atoms with van der Waals surface area (Å²) in [5.41, 5.74) is 2.12. The number of halogens is 2. The van der Waals surface area contributed by atoms with Crippen LogP contribution in [0.15, 0.2) is 24.3 Å². The molecular formula is C16H14ClFN6S. The Kier molecular flexibility index (Phi) is 4.01. The Morgan fingerprint density at radius 3 is 2.84 bits per heavy atom. The van der Waals surface area contributed by atoms with E-state index in [-0.39, 0.29) is 5.56 Å². The number of fused-ring (bicyclic) bond motifs is 1. The van der Waals surface area contributed by atoms with Gasteiger partial charge < -0.3 is 0 Å². The third-order valence-electron chi connectivity index (χ3n) is 3.80. The fourth-order valence-electron chi connectivity index (χ4n) is 2.61. The molecule has 0 unspecified atom stereocenters. The van der Waals surface area contributed by atoms with Crippen LogP contribution in [0.5, 0.6) is 0 Å². The maximum atomic E-state index is 14.2. The van der Waals surface area contributed by atoms with Crippen LogP contribution in [0.4, 0.5) is 4.39 Å². The topological polar surface area (TPSA) is 60.9 Å². The molecule has 0 spiro atoms. The summed E-state index contributed by atoms with van der Waals surface area (Å²) in [6.45, 7) is 4.98. The lowest BCUT2D eigenvalue weighted by Gasteiger charge is -2.00. The molecule has 6 nitrogen and oxygen atoms in total. The van der Waals surface area contributed by atoms with Crippen LogP contribution < -0.4 is 0 Å². The van der Waals surface area contributed by atoms with E-state index >= 15 is 0 Å². The first kappa shape index (κ1) is 16.2. The molecule has 0 aliphatic carbocycles. The van der Waals surface area contributed by atoms with Crippen molar-refractivity contribution in [2.75, 3.05) is 0 Å². The number of aryl methyl sites for hydroxylation is 2. The van der Waals surface area contributed by atoms with Crippen molar-refractivity contribution < 1.29 is 4.39 Å². The smallest absolute Gasteiger partial charge is 0.235 e. The van der Waals surface area contributed by atoms with Gasteiger partial charge >= 0.3 is 0 Å². The van der Waals surface area contributed by atoms with Gasteiger partial charge in [0.05, 0.1) is 5.56 Å². The Labute approximate surface area is 151 Å². The zero-order valence-corrected chi connectivity index (χ0v) is 15.1. The third kappa shape index (κ3) is 2.81. The average Bonchev–Trinajstić information content (AvgIpc) is 3.25. The molecule has 0 aliphatic rings. The number of nitrogens with zero attached hydrogens (tertiary/aromatic N) is 6. The zero-order valence-electron chi connectivity index (χ0n) is 13.6. The molecule has 0 atom stereocenters. The minimum atomic E-state index is -0.420. The molecule has 0 amide bonds. The third-order valence-corrected chi connectivity index (χ3v) is 4.95. The molecule has 3 aromatic heterocycles. The van der Waals surface area contributed by atoms with Crippen molar-refractivity contribution >= 4 is 27.9 Å². The Morgan fingerprint density at radius 1 is 1.20 bits per heavy atom. The van der Waals surface area contributed by atoms with Gasteiger partial charge in [-0.2, -0.15) is 14.7 Å². The van der Waals surface area contributed by atoms with E-state index in [4.69, 9.17) is 11.6 Å². The van der Waals surface area contributed by atoms with Crippen molar-refractivity contribution in [1.82, 2.24) is 29.6 Å². The summed E-state index contributed by atoms with van der Waals surface area (Å²) >= 11 is 7.34. The van der Waals surface area contributed by atoms with E-state index in [0.29, 0.717) is 20.8 Å². The van der Waals surface area contributed by atoms with Gasteiger partial charge in [-0.15, -0.1) is 10.2 Å². The number of benzene rings is 1. The quantitative estimate of drug-likeness (QED) is 0.534. The van der Waals surface area contributed by atoms with Crippen molar-refractivity contribution in [2.24, 2.45) is 0 Å². The molecular weight excluding hydrogens is 363 g/mol. The molecule has 0 aliphatic heterocycles. The molecule has 0 N–H and O–H groups in total. The molecule has 4 aromatic rings. The van der Waals surface area contributed by atoms with Crippen molar-refractivity contribution in [2.45, 2.75) is 26.8 Å². The number of hydrogen-bond acceptors (Lipinski definition) is 5. The van der Waals surface area contributed by atoms with Gasteiger partial charge in [0.2, 0.25) is 4.96 Å². The van der Waals surface area contributed by atoms with E-state index < -0.39 is 5.82 Å². The normalized spacial score (nSPS) is 11.5. The first-order valence-electron chi connectivity index (χ1n) is 7.79. The summed E-state index contributed by atoms with van der Waals surface area (Å²) in [4.78, 5) is 0.576. The molecule has 3 heterocycles. The van der Waals surface area contributed by atoms with E-state index in [9.17, 15) is 4.39 Å². The SMILES string of the molecule is CCCn1nc(-c2nn3c(-c4cc(Cl)ccc4F)nnc3s2)cc1C. The van der Waals surface area contributed by atoms with Crippen LogP contribution in [-0.2, 0) is 6.54 Å². The highest BCUT2D eigenvalue weighted by Crippen LogP contribution is 2.30. The van der Waals surface area contributed by atoms with Crippen LogP contribution in [0.2, 0.25) is 5.02 Å². The maximum absolute atomic E-state index is 14.2. The molecule has 128 valence electrons. The first-order chi connectivity index (χ1) is 12.1. The lowest BCUT2D eigenvalue weighted by atomic mass is 10.2. The molecule has 1 aromatic carbocycles. The van der Waals surface area contributed by atoms with Crippen molar-refractivity contribution in [3.63, 3.8) is 0 Å². The van der Waals surface area contributed by atoms with Gasteiger partial charge in [0, 0.05) is 17.3 Å². The van der Waals surface area contributed by atoms with E-state index in [0.717, 1.165) is 24.4 Å². The second-order valence-electron chi connectivity index (χ2n) is 5.64. The summed E-state index contributed by atoms with van der Waals surface area (Å²) in [7, 11) is 0. The molecule has 0 saturated heterocycles. The van der Waals surface area contributed by atoms with Gasteiger partial charge in [-0.05, 0) is 37.6 Å². The lowest BCUT2D eigenvalue weighted by Crippen LogP contribution is -2.00. The van der Waals surface area contributed by atoms with Gasteiger partial charge in [0.15, 0.2) is 10.8 Å². The van der Waals surface area contributed by atoms with Crippen LogP contribution in [0.25, 0.3) is 27.1 Å². The largest absolute Gasteiger partial charge is 0.269 e. The Hall–Kier alpha value is -2.32. The minimum Gasteiger partial charge on any atom is -0.269 e. The number of rotatable bonds is 4. The predicted molar refractivity (Wildman–Crippen MR) is 95.3 cm³/mol. The molecule has 0 fully saturated rings. The molecule has 25 heavy (non-hydrogen) atoms. The van der Waals surface area contributed by atoms with Crippen molar-refractivity contribution in [3.8, 4) is 22.1 Å². The van der Waals surface area contributed by atoms with Crippen LogP contribution in [0.3, 0.4) is 0 Å². The second-order valence-corrected chi connectivity index (χ2v) is 7.04. The summed E-state index contributed by atoms with van der Waals surface area (Å²) in [5.74, 6) is -0.0986. The molecule has 9 heteroatoms. The average molecular weight is 377 g/mol. The molecule has 0 radical (unpaired) electrons.